The van der Waals surface area contributed by atoms with Gasteiger partial charge in [-0.05, 0) is 59.3 Å². The van der Waals surface area contributed by atoms with Crippen molar-refractivity contribution in [2.75, 3.05) is 6.61 Å². The van der Waals surface area contributed by atoms with Crippen LogP contribution in [0.1, 0.15) is 83.0 Å². The lowest BCUT2D eigenvalue weighted by Crippen LogP contribution is -2.62. The molecule has 1 saturated heterocycles. The molecule has 2 N–H and O–H groups in total. The quantitative estimate of drug-likeness (QED) is 0.826. The van der Waals surface area contributed by atoms with Crippen LogP contribution in [-0.2, 0) is 7.05 Å². The van der Waals surface area contributed by atoms with Gasteiger partial charge in [0.1, 0.15) is 5.56 Å². The van der Waals surface area contributed by atoms with Gasteiger partial charge in [-0.3, -0.25) is 4.79 Å². The summed E-state index contributed by atoms with van der Waals surface area (Å²) in [5, 5.41) is 11.2. The van der Waals surface area contributed by atoms with Crippen LogP contribution in [0.25, 0.3) is 0 Å². The fraction of sp³-hybridized carbons (Fsp3) is 0.810. The number of carbonyl (C=O) groups is 1. The minimum Gasteiger partial charge on any atom is -0.477 e. The maximum Gasteiger partial charge on any atom is 0.258 e. The lowest BCUT2D eigenvalue weighted by atomic mass is 9.79. The molecule has 2 fully saturated rings. The molecule has 0 spiro atoms. The van der Waals surface area contributed by atoms with Crippen molar-refractivity contribution in [2.24, 2.45) is 13.0 Å². The highest BCUT2D eigenvalue weighted by Gasteiger charge is 2.38. The van der Waals surface area contributed by atoms with Gasteiger partial charge in [-0.2, -0.15) is 5.10 Å². The zero-order valence-corrected chi connectivity index (χ0v) is 17.6. The van der Waals surface area contributed by atoms with Gasteiger partial charge in [-0.1, -0.05) is 19.3 Å². The van der Waals surface area contributed by atoms with Crippen LogP contribution in [0.4, 0.5) is 0 Å². The lowest BCUT2D eigenvalue weighted by molar-refractivity contribution is 0.0867. The van der Waals surface area contributed by atoms with Crippen LogP contribution in [0, 0.1) is 5.92 Å². The highest BCUT2D eigenvalue weighted by molar-refractivity contribution is 5.96. The molecule has 3 rings (SSSR count). The van der Waals surface area contributed by atoms with Crippen LogP contribution < -0.4 is 15.4 Å². The first-order chi connectivity index (χ1) is 12.7. The highest BCUT2D eigenvalue weighted by Crippen LogP contribution is 2.29. The molecule has 1 saturated carbocycles. The molecule has 2 aliphatic rings. The number of amides is 1. The zero-order chi connectivity index (χ0) is 19.7. The minimum absolute atomic E-state index is 0.00501. The summed E-state index contributed by atoms with van der Waals surface area (Å²) >= 11 is 0. The molecular formula is C21H36N4O2. The van der Waals surface area contributed by atoms with Crippen LogP contribution in [0.5, 0.6) is 5.88 Å². The smallest absolute Gasteiger partial charge is 0.258 e. The van der Waals surface area contributed by atoms with E-state index >= 15 is 0 Å². The number of ether oxygens (including phenoxy) is 1. The first-order valence-electron chi connectivity index (χ1n) is 10.4. The number of piperidine rings is 1. The van der Waals surface area contributed by atoms with E-state index in [1.54, 1.807) is 10.9 Å². The molecule has 152 valence electrons. The summed E-state index contributed by atoms with van der Waals surface area (Å²) in [5.74, 6) is 1.10. The van der Waals surface area contributed by atoms with Gasteiger partial charge in [0, 0.05) is 24.2 Å². The molecule has 0 unspecified atom stereocenters. The monoisotopic (exact) mass is 376 g/mol. The molecule has 6 heteroatoms. The number of carbonyl (C=O) groups excluding carboxylic acids is 1. The predicted octanol–water partition coefficient (Wildman–Crippen LogP) is 3.42. The Morgan fingerprint density at radius 1 is 1.22 bits per heavy atom. The van der Waals surface area contributed by atoms with Crippen molar-refractivity contribution in [1.82, 2.24) is 20.4 Å². The van der Waals surface area contributed by atoms with E-state index in [0.717, 1.165) is 12.8 Å². The van der Waals surface area contributed by atoms with E-state index in [2.05, 4.69) is 43.4 Å². The second-order valence-electron chi connectivity index (χ2n) is 9.77. The highest BCUT2D eigenvalue weighted by atomic mass is 16.5. The molecule has 0 radical (unpaired) electrons. The molecule has 27 heavy (non-hydrogen) atoms. The predicted molar refractivity (Wildman–Crippen MR) is 107 cm³/mol. The number of rotatable bonds is 5. The van der Waals surface area contributed by atoms with Crippen LogP contribution in [-0.4, -0.2) is 39.4 Å². The van der Waals surface area contributed by atoms with E-state index in [4.69, 9.17) is 4.74 Å². The van der Waals surface area contributed by atoms with Crippen molar-refractivity contribution in [3.63, 3.8) is 0 Å². The van der Waals surface area contributed by atoms with E-state index in [1.165, 1.54) is 32.1 Å². The molecule has 1 aliphatic carbocycles. The van der Waals surface area contributed by atoms with Crippen molar-refractivity contribution in [3.8, 4) is 5.88 Å². The number of nitrogens with one attached hydrogen (secondary N) is 2. The van der Waals surface area contributed by atoms with Gasteiger partial charge in [0.15, 0.2) is 0 Å². The van der Waals surface area contributed by atoms with E-state index < -0.39 is 0 Å². The Morgan fingerprint density at radius 3 is 2.48 bits per heavy atom. The number of aryl methyl sites for hydroxylation is 1. The molecule has 0 atom stereocenters. The van der Waals surface area contributed by atoms with Crippen molar-refractivity contribution < 1.29 is 9.53 Å². The third-order valence-electron chi connectivity index (χ3n) is 5.83. The van der Waals surface area contributed by atoms with Gasteiger partial charge in [-0.25, -0.2) is 4.68 Å². The van der Waals surface area contributed by atoms with Gasteiger partial charge < -0.3 is 15.4 Å². The number of nitrogens with zero attached hydrogens (tertiary/aromatic N) is 2. The fourth-order valence-electron chi connectivity index (χ4n) is 4.99. The molecule has 6 nitrogen and oxygen atoms in total. The standard InChI is InChI=1S/C21H36N4O2/c1-20(2)11-16(12-21(3,4)24-20)23-18(26)17-13-22-25(5)19(17)27-14-15-9-7-6-8-10-15/h13,15-16,24H,6-12,14H2,1-5H3,(H,23,26). The first-order valence-corrected chi connectivity index (χ1v) is 10.4. The molecular weight excluding hydrogens is 340 g/mol. The zero-order valence-electron chi connectivity index (χ0n) is 17.6. The SMILES string of the molecule is Cn1ncc(C(=O)NC2CC(C)(C)NC(C)(C)C2)c1OCC1CCCCC1. The summed E-state index contributed by atoms with van der Waals surface area (Å²) in [6.07, 6.45) is 9.78. The van der Waals surface area contributed by atoms with Gasteiger partial charge in [0.2, 0.25) is 5.88 Å². The molecule has 1 aromatic rings. The normalized spacial score (nSPS) is 23.1. The third-order valence-corrected chi connectivity index (χ3v) is 5.83. The Hall–Kier alpha value is -1.56. The molecule has 1 aliphatic heterocycles. The largest absolute Gasteiger partial charge is 0.477 e. The van der Waals surface area contributed by atoms with Crippen LogP contribution in [0.15, 0.2) is 6.20 Å². The summed E-state index contributed by atoms with van der Waals surface area (Å²) in [7, 11) is 1.84. The molecule has 1 aromatic heterocycles. The van der Waals surface area contributed by atoms with Gasteiger partial charge >= 0.3 is 0 Å². The lowest BCUT2D eigenvalue weighted by Gasteiger charge is -2.46. The van der Waals surface area contributed by atoms with Gasteiger partial charge in [0.05, 0.1) is 12.8 Å². The fourth-order valence-corrected chi connectivity index (χ4v) is 4.99. The molecule has 2 heterocycles. The van der Waals surface area contributed by atoms with E-state index in [9.17, 15) is 4.79 Å². The summed E-state index contributed by atoms with van der Waals surface area (Å²) in [5.41, 5.74) is 0.534. The van der Waals surface area contributed by atoms with E-state index in [-0.39, 0.29) is 23.0 Å². The van der Waals surface area contributed by atoms with Crippen molar-refractivity contribution in [2.45, 2.75) is 89.8 Å². The average Bonchev–Trinajstić information content (AvgIpc) is 2.92. The molecule has 0 bridgehead atoms. The van der Waals surface area contributed by atoms with Crippen LogP contribution >= 0.6 is 0 Å². The Kier molecular flexibility index (Phi) is 5.84. The topological polar surface area (TPSA) is 68.2 Å². The third kappa shape index (κ3) is 5.24. The second kappa shape index (κ2) is 7.82. The van der Waals surface area contributed by atoms with Gasteiger partial charge in [-0.15, -0.1) is 0 Å². The van der Waals surface area contributed by atoms with Crippen LogP contribution in [0.3, 0.4) is 0 Å². The summed E-state index contributed by atoms with van der Waals surface area (Å²) < 4.78 is 7.74. The second-order valence-corrected chi connectivity index (χ2v) is 9.77. The molecule has 1 amide bonds. The number of aromatic nitrogens is 2. The van der Waals surface area contributed by atoms with E-state index in [1.807, 2.05) is 7.05 Å². The maximum absolute atomic E-state index is 13.0. The van der Waals surface area contributed by atoms with Gasteiger partial charge in [0.25, 0.3) is 5.91 Å². The van der Waals surface area contributed by atoms with E-state index in [0.29, 0.717) is 24.0 Å². The Balaban J connectivity index is 1.64. The van der Waals surface area contributed by atoms with Crippen molar-refractivity contribution in [3.05, 3.63) is 11.8 Å². The Bertz CT molecular complexity index is 643. The van der Waals surface area contributed by atoms with Crippen molar-refractivity contribution >= 4 is 5.91 Å². The summed E-state index contributed by atoms with van der Waals surface area (Å²) in [6, 6.07) is 0.134. The minimum atomic E-state index is -0.0831. The Morgan fingerprint density at radius 2 is 1.85 bits per heavy atom. The number of hydrogen-bond acceptors (Lipinski definition) is 4. The summed E-state index contributed by atoms with van der Waals surface area (Å²) in [4.78, 5) is 13.0. The average molecular weight is 377 g/mol. The van der Waals surface area contributed by atoms with Crippen molar-refractivity contribution in [1.29, 1.82) is 0 Å². The Labute approximate surface area is 163 Å². The molecule has 0 aromatic carbocycles. The first kappa shape index (κ1) is 20.2. The summed E-state index contributed by atoms with van der Waals surface area (Å²) in [6.45, 7) is 9.44. The number of hydrogen-bond donors (Lipinski definition) is 2. The van der Waals surface area contributed by atoms with Crippen LogP contribution in [0.2, 0.25) is 0 Å². The maximum atomic E-state index is 13.0.